The number of thioether (sulfide) groups is 1. The van der Waals surface area contributed by atoms with E-state index in [2.05, 4.69) is 30.7 Å². The van der Waals surface area contributed by atoms with Crippen molar-refractivity contribution in [2.24, 2.45) is 4.99 Å². The highest BCUT2D eigenvalue weighted by molar-refractivity contribution is 8.02. The molecular weight excluding hydrogens is 156 g/mol. The zero-order valence-electron chi connectivity index (χ0n) is 7.88. The lowest BCUT2D eigenvalue weighted by Crippen LogP contribution is -2.24. The summed E-state index contributed by atoms with van der Waals surface area (Å²) in [6, 6.07) is 0. The minimum absolute atomic E-state index is 0.0949. The quantitative estimate of drug-likeness (QED) is 0.631. The maximum atomic E-state index is 4.43. The molecule has 1 heterocycles. The van der Waals surface area contributed by atoms with E-state index < -0.39 is 0 Å². The maximum Gasteiger partial charge on any atom is 0.162 e. The maximum absolute atomic E-state index is 4.43. The highest BCUT2D eigenvalue weighted by Crippen LogP contribution is 2.42. The Morgan fingerprint density at radius 3 is 2.27 bits per heavy atom. The number of hydrogen-bond donors (Lipinski definition) is 0. The first-order valence-electron chi connectivity index (χ1n) is 3.91. The third-order valence-corrected chi connectivity index (χ3v) is 2.78. The van der Waals surface area contributed by atoms with Crippen molar-refractivity contribution in [3.05, 3.63) is 0 Å². The van der Waals surface area contributed by atoms with Gasteiger partial charge < -0.3 is 4.90 Å². The van der Waals surface area contributed by atoms with Crippen LogP contribution in [0, 0.1) is 0 Å². The molecule has 11 heavy (non-hydrogen) atoms. The van der Waals surface area contributed by atoms with E-state index >= 15 is 0 Å². The van der Waals surface area contributed by atoms with Gasteiger partial charge in [0.05, 0.1) is 0 Å². The summed E-state index contributed by atoms with van der Waals surface area (Å²) in [7, 11) is 4.09. The second-order valence-corrected chi connectivity index (χ2v) is 5.45. The lowest BCUT2D eigenvalue weighted by Gasteiger charge is -2.14. The monoisotopic (exact) mass is 172 g/mol. The van der Waals surface area contributed by atoms with Crippen LogP contribution in [0.25, 0.3) is 0 Å². The van der Waals surface area contributed by atoms with Crippen LogP contribution in [-0.2, 0) is 0 Å². The van der Waals surface area contributed by atoms with E-state index in [9.17, 15) is 0 Å². The molecular formula is C8H16N2S. The summed E-state index contributed by atoms with van der Waals surface area (Å²) in [6.45, 7) is 6.58. The minimum Gasteiger partial charge on any atom is -0.364 e. The van der Waals surface area contributed by atoms with Crippen LogP contribution in [0.2, 0.25) is 0 Å². The number of nitrogens with zero attached hydrogens (tertiary/aromatic N) is 2. The Bertz CT molecular complexity index is 187. The summed E-state index contributed by atoms with van der Waals surface area (Å²) in [6.07, 6.45) is 0. The van der Waals surface area contributed by atoms with Crippen LogP contribution in [0.3, 0.4) is 0 Å². The SMILES string of the molecule is CC(C)SC1(C)N=C1N(C)C. The van der Waals surface area contributed by atoms with E-state index in [1.807, 2.05) is 25.9 Å². The number of rotatable bonds is 2. The van der Waals surface area contributed by atoms with Gasteiger partial charge in [0.1, 0.15) is 5.84 Å². The average Bonchev–Trinajstić information content (AvgIpc) is 2.39. The molecule has 0 saturated carbocycles. The highest BCUT2D eigenvalue weighted by atomic mass is 32.2. The largest absolute Gasteiger partial charge is 0.364 e. The Morgan fingerprint density at radius 1 is 1.45 bits per heavy atom. The molecule has 1 unspecified atom stereocenters. The Labute approximate surface area is 73.1 Å². The summed E-state index contributed by atoms with van der Waals surface area (Å²) < 4.78 is 0. The number of hydrogen-bond acceptors (Lipinski definition) is 3. The summed E-state index contributed by atoms with van der Waals surface area (Å²) in [5.74, 6) is 1.22. The van der Waals surface area contributed by atoms with E-state index in [0.717, 1.165) is 0 Å². The number of amidine groups is 1. The second-order valence-electron chi connectivity index (χ2n) is 3.48. The van der Waals surface area contributed by atoms with Gasteiger partial charge in [0.25, 0.3) is 0 Å². The fourth-order valence-corrected chi connectivity index (χ4v) is 2.57. The van der Waals surface area contributed by atoms with Crippen LogP contribution >= 0.6 is 11.8 Å². The van der Waals surface area contributed by atoms with Crippen LogP contribution in [-0.4, -0.2) is 35.0 Å². The molecule has 0 spiro atoms. The van der Waals surface area contributed by atoms with Crippen LogP contribution in [0.1, 0.15) is 20.8 Å². The van der Waals surface area contributed by atoms with Gasteiger partial charge in [0, 0.05) is 19.3 Å². The Balaban J connectivity index is 2.40. The van der Waals surface area contributed by atoms with E-state index in [1.165, 1.54) is 5.84 Å². The van der Waals surface area contributed by atoms with Crippen LogP contribution in [0.15, 0.2) is 4.99 Å². The Hall–Kier alpha value is -0.180. The lowest BCUT2D eigenvalue weighted by atomic mass is 10.4. The van der Waals surface area contributed by atoms with Crippen molar-refractivity contribution in [1.29, 1.82) is 0 Å². The van der Waals surface area contributed by atoms with Crippen molar-refractivity contribution in [2.75, 3.05) is 14.1 Å². The van der Waals surface area contributed by atoms with Crippen molar-refractivity contribution < 1.29 is 0 Å². The predicted molar refractivity (Wildman–Crippen MR) is 52.3 cm³/mol. The van der Waals surface area contributed by atoms with Crippen molar-refractivity contribution >= 4 is 17.6 Å². The minimum atomic E-state index is 0.0949. The van der Waals surface area contributed by atoms with Gasteiger partial charge in [-0.05, 0) is 6.92 Å². The van der Waals surface area contributed by atoms with Crippen molar-refractivity contribution in [2.45, 2.75) is 30.9 Å². The summed E-state index contributed by atoms with van der Waals surface area (Å²) in [5.41, 5.74) is 0. The molecule has 0 aromatic rings. The average molecular weight is 172 g/mol. The molecule has 1 aliphatic heterocycles. The Morgan fingerprint density at radius 2 is 2.00 bits per heavy atom. The predicted octanol–water partition coefficient (Wildman–Crippen LogP) is 1.82. The number of aliphatic imine (C=N–C) groups is 1. The smallest absolute Gasteiger partial charge is 0.162 e. The standard InChI is InChI=1S/C8H16N2S/c1-6(2)11-8(3)7(9-8)10(4)5/h6H,1-5H3. The van der Waals surface area contributed by atoms with Crippen molar-refractivity contribution in [3.63, 3.8) is 0 Å². The molecule has 1 atom stereocenters. The van der Waals surface area contributed by atoms with Gasteiger partial charge in [-0.3, -0.25) is 0 Å². The molecule has 0 saturated heterocycles. The van der Waals surface area contributed by atoms with E-state index in [0.29, 0.717) is 5.25 Å². The van der Waals surface area contributed by atoms with Gasteiger partial charge >= 0.3 is 0 Å². The van der Waals surface area contributed by atoms with Gasteiger partial charge in [-0.25, -0.2) is 4.99 Å². The first kappa shape index (κ1) is 8.91. The fraction of sp³-hybridized carbons (Fsp3) is 0.875. The highest BCUT2D eigenvalue weighted by Gasteiger charge is 2.45. The summed E-state index contributed by atoms with van der Waals surface area (Å²) >= 11 is 1.91. The third kappa shape index (κ3) is 1.89. The van der Waals surface area contributed by atoms with Crippen LogP contribution < -0.4 is 0 Å². The lowest BCUT2D eigenvalue weighted by molar-refractivity contribution is 0.627. The van der Waals surface area contributed by atoms with Crippen LogP contribution in [0.4, 0.5) is 0 Å². The molecule has 0 fully saturated rings. The van der Waals surface area contributed by atoms with E-state index in [4.69, 9.17) is 0 Å². The van der Waals surface area contributed by atoms with Gasteiger partial charge in [0.2, 0.25) is 0 Å². The molecule has 64 valence electrons. The molecule has 0 N–H and O–H groups in total. The fourth-order valence-electron chi connectivity index (χ4n) is 1.23. The molecule has 3 heteroatoms. The molecule has 0 bridgehead atoms. The summed E-state index contributed by atoms with van der Waals surface area (Å²) in [4.78, 5) is 6.62. The molecule has 1 aliphatic rings. The van der Waals surface area contributed by atoms with Crippen LogP contribution in [0.5, 0.6) is 0 Å². The van der Waals surface area contributed by atoms with Gasteiger partial charge in [-0.15, -0.1) is 11.8 Å². The molecule has 0 aromatic carbocycles. The topological polar surface area (TPSA) is 15.6 Å². The van der Waals surface area contributed by atoms with Gasteiger partial charge in [0.15, 0.2) is 4.87 Å². The molecule has 1 rings (SSSR count). The van der Waals surface area contributed by atoms with E-state index in [-0.39, 0.29) is 4.87 Å². The Kier molecular flexibility index (Phi) is 2.19. The molecule has 0 radical (unpaired) electrons. The second kappa shape index (κ2) is 2.70. The van der Waals surface area contributed by atoms with Crippen molar-refractivity contribution in [1.82, 2.24) is 4.90 Å². The zero-order chi connectivity index (χ0) is 8.65. The number of likely N-dealkylation sites (N-methyl/N-ethyl adjacent to an activating group) is 1. The van der Waals surface area contributed by atoms with Gasteiger partial charge in [-0.2, -0.15) is 0 Å². The van der Waals surface area contributed by atoms with E-state index in [1.54, 1.807) is 0 Å². The normalized spacial score (nSPS) is 28.7. The first-order valence-corrected chi connectivity index (χ1v) is 4.79. The molecule has 0 aromatic heterocycles. The molecule has 0 aliphatic carbocycles. The van der Waals surface area contributed by atoms with Gasteiger partial charge in [-0.1, -0.05) is 13.8 Å². The summed E-state index contributed by atoms with van der Waals surface area (Å²) in [5, 5.41) is 0.654. The molecule has 2 nitrogen and oxygen atoms in total. The van der Waals surface area contributed by atoms with Crippen molar-refractivity contribution in [3.8, 4) is 0 Å². The first-order chi connectivity index (χ1) is 4.96. The third-order valence-electron chi connectivity index (χ3n) is 1.57. The zero-order valence-corrected chi connectivity index (χ0v) is 8.70. The molecule has 0 amide bonds.